The molecule has 2 aliphatic rings. The lowest BCUT2D eigenvalue weighted by Crippen LogP contribution is -2.53. The minimum atomic E-state index is -1.09. The van der Waals surface area contributed by atoms with Crippen LogP contribution in [0.1, 0.15) is 23.2 Å². The molecular weight excluding hydrogens is 616 g/mol. The van der Waals surface area contributed by atoms with Gasteiger partial charge in [0.15, 0.2) is 23.0 Å². The van der Waals surface area contributed by atoms with Gasteiger partial charge in [-0.05, 0) is 37.1 Å². The average molecular weight is 650 g/mol. The maximum absolute atomic E-state index is 14.9. The van der Waals surface area contributed by atoms with Crippen LogP contribution in [0.4, 0.5) is 20.3 Å². The van der Waals surface area contributed by atoms with Crippen LogP contribution in [0.3, 0.4) is 0 Å². The summed E-state index contributed by atoms with van der Waals surface area (Å²) in [5.74, 6) is -1.95. The maximum atomic E-state index is 14.9. The number of anilines is 2. The van der Waals surface area contributed by atoms with E-state index in [1.54, 1.807) is 43.7 Å². The van der Waals surface area contributed by atoms with Crippen LogP contribution < -0.4 is 14.8 Å². The molecule has 15 heteroatoms. The summed E-state index contributed by atoms with van der Waals surface area (Å²) in [4.78, 5) is 54.3. The summed E-state index contributed by atoms with van der Waals surface area (Å²) in [6, 6.07) is 7.81. The summed E-state index contributed by atoms with van der Waals surface area (Å²) in [5, 5.41) is 4.73. The van der Waals surface area contributed by atoms with Gasteiger partial charge in [-0.15, -0.1) is 5.06 Å². The van der Waals surface area contributed by atoms with Gasteiger partial charge in [0.2, 0.25) is 11.7 Å². The number of hydrogen-bond acceptors (Lipinski definition) is 10. The molecule has 0 aliphatic carbocycles. The lowest BCUT2D eigenvalue weighted by molar-refractivity contribution is -0.181. The Morgan fingerprint density at radius 3 is 2.34 bits per heavy atom. The third kappa shape index (κ3) is 6.25. The Morgan fingerprint density at radius 2 is 1.64 bits per heavy atom. The normalized spacial score (nSPS) is 15.8. The smallest absolute Gasteiger partial charge is 0.312 e. The number of ether oxygens (including phenoxy) is 2. The molecule has 246 valence electrons. The fraction of sp³-hybridized carbons (Fsp3) is 0.344. The van der Waals surface area contributed by atoms with E-state index in [1.807, 2.05) is 0 Å². The molecule has 0 atom stereocenters. The van der Waals surface area contributed by atoms with E-state index in [9.17, 15) is 23.2 Å². The third-order valence-corrected chi connectivity index (χ3v) is 8.54. The number of rotatable bonds is 9. The third-order valence-electron chi connectivity index (χ3n) is 8.54. The zero-order chi connectivity index (χ0) is 33.1. The van der Waals surface area contributed by atoms with Crippen molar-refractivity contribution < 1.29 is 37.5 Å². The van der Waals surface area contributed by atoms with Gasteiger partial charge in [0.25, 0.3) is 5.91 Å². The number of aromatic nitrogens is 3. The summed E-state index contributed by atoms with van der Waals surface area (Å²) >= 11 is 0. The summed E-state index contributed by atoms with van der Waals surface area (Å²) in [7, 11) is 2.74. The number of amides is 2. The molecule has 4 aromatic rings. The van der Waals surface area contributed by atoms with Crippen LogP contribution in [-0.2, 0) is 14.4 Å². The first-order valence-corrected chi connectivity index (χ1v) is 15.1. The Hall–Kier alpha value is -5.31. The Balaban J connectivity index is 1.13. The fourth-order valence-electron chi connectivity index (χ4n) is 6.00. The molecule has 2 fully saturated rings. The average Bonchev–Trinajstić information content (AvgIpc) is 3.54. The number of piperidine rings is 1. The lowest BCUT2D eigenvalue weighted by atomic mass is 9.96. The van der Waals surface area contributed by atoms with Crippen LogP contribution >= 0.6 is 0 Å². The monoisotopic (exact) mass is 649 g/mol. The summed E-state index contributed by atoms with van der Waals surface area (Å²) in [5.41, 5.74) is 1.62. The largest absolute Gasteiger partial charge is 0.496 e. The number of imidazole rings is 1. The van der Waals surface area contributed by atoms with Gasteiger partial charge in [-0.3, -0.25) is 18.8 Å². The minimum absolute atomic E-state index is 0.00852. The number of hydroxylamine groups is 2. The highest BCUT2D eigenvalue weighted by Crippen LogP contribution is 2.32. The molecule has 2 saturated heterocycles. The van der Waals surface area contributed by atoms with Crippen molar-refractivity contribution >= 4 is 35.4 Å². The van der Waals surface area contributed by atoms with Gasteiger partial charge >= 0.3 is 6.47 Å². The van der Waals surface area contributed by atoms with Crippen molar-refractivity contribution in [2.75, 3.05) is 58.8 Å². The van der Waals surface area contributed by atoms with Gasteiger partial charge in [0.05, 0.1) is 31.7 Å². The fourth-order valence-corrected chi connectivity index (χ4v) is 6.00. The number of methoxy groups -OCH3 is 2. The molecule has 1 N–H and O–H groups in total. The standard InChI is InChI=1S/C32H33F2N7O6/c1-45-25-6-5-22(27(33)28(25)34)24-18-36-30-29(35-9-12-41(24)30)37-21-3-4-23(26(17-21)46-2)32(44)39-15-13-38(14-16-39)31(43)20-7-10-40(11-8-20)47-19-42/h3-6,9,12,17-20H,7-8,10-11,13-16H2,1-2H3,(H,35,37). The molecule has 0 unspecified atom stereocenters. The minimum Gasteiger partial charge on any atom is -0.496 e. The number of carbonyl (C=O) groups is 3. The second kappa shape index (κ2) is 13.6. The zero-order valence-electron chi connectivity index (χ0n) is 25.8. The first-order valence-electron chi connectivity index (χ1n) is 15.1. The highest BCUT2D eigenvalue weighted by atomic mass is 19.2. The molecule has 4 heterocycles. The zero-order valence-corrected chi connectivity index (χ0v) is 25.8. The Labute approximate surface area is 268 Å². The Kier molecular flexibility index (Phi) is 9.15. The summed E-state index contributed by atoms with van der Waals surface area (Å²) < 4.78 is 41.3. The van der Waals surface area contributed by atoms with Crippen LogP contribution in [-0.4, -0.2) is 101 Å². The van der Waals surface area contributed by atoms with Crippen LogP contribution in [0.5, 0.6) is 11.5 Å². The SMILES string of the molecule is COc1cc(Nc2nccn3c(-c4ccc(OC)c(F)c4F)cnc23)ccc1C(=O)N1CCN(C(=O)C2CCN(OC=O)CC2)CC1. The summed E-state index contributed by atoms with van der Waals surface area (Å²) in [6.45, 7) is 3.03. The van der Waals surface area contributed by atoms with E-state index >= 15 is 0 Å². The maximum Gasteiger partial charge on any atom is 0.312 e. The highest BCUT2D eigenvalue weighted by Gasteiger charge is 2.32. The second-order valence-corrected chi connectivity index (χ2v) is 11.1. The number of carbonyl (C=O) groups excluding carboxylic acids is 3. The van der Waals surface area contributed by atoms with E-state index in [2.05, 4.69) is 15.3 Å². The van der Waals surface area contributed by atoms with Gasteiger partial charge < -0.3 is 29.4 Å². The van der Waals surface area contributed by atoms with Crippen LogP contribution in [0.2, 0.25) is 0 Å². The van der Waals surface area contributed by atoms with Crippen molar-refractivity contribution in [1.29, 1.82) is 0 Å². The topological polar surface area (TPSA) is 131 Å². The van der Waals surface area contributed by atoms with Gasteiger partial charge in [-0.25, -0.2) is 14.4 Å². The van der Waals surface area contributed by atoms with E-state index in [0.717, 1.165) is 0 Å². The van der Waals surface area contributed by atoms with E-state index in [1.165, 1.54) is 38.7 Å². The number of halogens is 2. The first-order chi connectivity index (χ1) is 22.8. The molecule has 0 spiro atoms. The number of fused-ring (bicyclic) bond motifs is 1. The van der Waals surface area contributed by atoms with Gasteiger partial charge in [0.1, 0.15) is 5.75 Å². The van der Waals surface area contributed by atoms with Crippen molar-refractivity contribution in [2.24, 2.45) is 5.92 Å². The predicted octanol–water partition coefficient (Wildman–Crippen LogP) is 3.52. The van der Waals surface area contributed by atoms with Crippen molar-refractivity contribution in [3.05, 3.63) is 66.1 Å². The molecule has 2 amide bonds. The van der Waals surface area contributed by atoms with E-state index in [4.69, 9.17) is 14.3 Å². The molecule has 13 nitrogen and oxygen atoms in total. The number of hydrogen-bond donors (Lipinski definition) is 1. The molecule has 2 aromatic heterocycles. The molecule has 2 aliphatic heterocycles. The number of nitrogens with zero attached hydrogens (tertiary/aromatic N) is 6. The molecule has 6 rings (SSSR count). The summed E-state index contributed by atoms with van der Waals surface area (Å²) in [6.07, 6.45) is 5.74. The number of nitrogens with one attached hydrogen (secondary N) is 1. The van der Waals surface area contributed by atoms with Crippen molar-refractivity contribution in [1.82, 2.24) is 29.2 Å². The van der Waals surface area contributed by atoms with Crippen molar-refractivity contribution in [3.8, 4) is 22.8 Å². The molecule has 2 aromatic carbocycles. The molecule has 0 bridgehead atoms. The molecule has 47 heavy (non-hydrogen) atoms. The predicted molar refractivity (Wildman–Crippen MR) is 165 cm³/mol. The lowest BCUT2D eigenvalue weighted by Gasteiger charge is -2.38. The van der Waals surface area contributed by atoms with Gasteiger partial charge in [-0.2, -0.15) is 4.39 Å². The highest BCUT2D eigenvalue weighted by molar-refractivity contribution is 5.98. The van der Waals surface area contributed by atoms with Crippen molar-refractivity contribution in [2.45, 2.75) is 12.8 Å². The van der Waals surface area contributed by atoms with E-state index in [-0.39, 0.29) is 29.0 Å². The van der Waals surface area contributed by atoms with Crippen LogP contribution in [0.25, 0.3) is 16.9 Å². The van der Waals surface area contributed by atoms with Crippen LogP contribution in [0, 0.1) is 17.6 Å². The van der Waals surface area contributed by atoms with E-state index < -0.39 is 11.6 Å². The van der Waals surface area contributed by atoms with Crippen LogP contribution in [0.15, 0.2) is 48.9 Å². The van der Waals surface area contributed by atoms with Crippen molar-refractivity contribution in [3.63, 3.8) is 0 Å². The van der Waals surface area contributed by atoms with Gasteiger partial charge in [0, 0.05) is 74.9 Å². The quantitative estimate of drug-likeness (QED) is 0.269. The Bertz CT molecular complexity index is 1800. The number of piperazine rings is 1. The van der Waals surface area contributed by atoms with E-state index in [0.29, 0.717) is 92.7 Å². The second-order valence-electron chi connectivity index (χ2n) is 11.1. The molecule has 0 radical (unpaired) electrons. The molecule has 0 saturated carbocycles. The van der Waals surface area contributed by atoms with Gasteiger partial charge in [-0.1, -0.05) is 0 Å². The number of benzene rings is 2. The first kappa shape index (κ1) is 31.7. The molecular formula is C32H33F2N7O6. The Morgan fingerprint density at radius 1 is 0.915 bits per heavy atom.